The Kier molecular flexibility index (Phi) is 6.53. The minimum Gasteiger partial charge on any atom is -0.342 e. The SMILES string of the molecule is O=C(Nc1ccc(C2CCN(C(=O)C3CCS(=O)(=O)CC3)CC2)cc1)N1Cc2ccc(F)cc2C1. The molecule has 1 N–H and O–H groups in total. The zero-order valence-electron chi connectivity index (χ0n) is 19.6. The van der Waals surface area contributed by atoms with E-state index < -0.39 is 9.84 Å². The van der Waals surface area contributed by atoms with Crippen molar-refractivity contribution in [3.05, 3.63) is 65.0 Å². The molecule has 2 fully saturated rings. The molecule has 0 atom stereocenters. The second-order valence-corrected chi connectivity index (χ2v) is 12.2. The number of nitrogens with zero attached hydrogens (tertiary/aromatic N) is 2. The summed E-state index contributed by atoms with van der Waals surface area (Å²) in [6.45, 7) is 2.22. The number of hydrogen-bond donors (Lipinski definition) is 1. The van der Waals surface area contributed by atoms with Gasteiger partial charge < -0.3 is 15.1 Å². The first-order valence-corrected chi connectivity index (χ1v) is 14.0. The van der Waals surface area contributed by atoms with Crippen LogP contribution in [0.4, 0.5) is 14.9 Å². The van der Waals surface area contributed by atoms with Crippen molar-refractivity contribution in [1.29, 1.82) is 0 Å². The number of carbonyl (C=O) groups is 2. The molecule has 2 saturated heterocycles. The highest BCUT2D eigenvalue weighted by molar-refractivity contribution is 7.91. The van der Waals surface area contributed by atoms with Gasteiger partial charge in [0.1, 0.15) is 15.7 Å². The van der Waals surface area contributed by atoms with Crippen LogP contribution in [-0.2, 0) is 27.7 Å². The summed E-state index contributed by atoms with van der Waals surface area (Å²) in [5.74, 6) is 0.223. The van der Waals surface area contributed by atoms with Crippen LogP contribution in [0.15, 0.2) is 42.5 Å². The average Bonchev–Trinajstić information content (AvgIpc) is 3.28. The molecule has 2 aromatic carbocycles. The molecule has 35 heavy (non-hydrogen) atoms. The Hall–Kier alpha value is -2.94. The van der Waals surface area contributed by atoms with E-state index in [1.807, 2.05) is 29.2 Å². The molecular weight excluding hydrogens is 469 g/mol. The number of halogens is 1. The molecule has 186 valence electrons. The Morgan fingerprint density at radius 1 is 0.857 bits per heavy atom. The van der Waals surface area contributed by atoms with Gasteiger partial charge in [-0.3, -0.25) is 4.79 Å². The summed E-state index contributed by atoms with van der Waals surface area (Å²) >= 11 is 0. The van der Waals surface area contributed by atoms with Crippen molar-refractivity contribution in [2.45, 2.75) is 44.7 Å². The zero-order valence-corrected chi connectivity index (χ0v) is 20.4. The number of fused-ring (bicyclic) bond motifs is 1. The molecule has 0 bridgehead atoms. The fourth-order valence-corrected chi connectivity index (χ4v) is 6.87. The highest BCUT2D eigenvalue weighted by Crippen LogP contribution is 2.31. The van der Waals surface area contributed by atoms with Crippen molar-refractivity contribution in [2.24, 2.45) is 5.92 Å². The number of carbonyl (C=O) groups excluding carboxylic acids is 2. The standard InChI is InChI=1S/C26H30FN3O4S/c27-23-4-1-21-16-30(17-22(21)15-23)26(32)28-24-5-2-18(3-6-24)19-7-11-29(12-8-19)25(31)20-9-13-35(33,34)14-10-20/h1-6,15,19-20H,7-14,16-17H2,(H,28,32). The monoisotopic (exact) mass is 499 g/mol. The van der Waals surface area contributed by atoms with Crippen LogP contribution in [0.3, 0.4) is 0 Å². The summed E-state index contributed by atoms with van der Waals surface area (Å²) in [5, 5.41) is 2.93. The van der Waals surface area contributed by atoms with E-state index in [1.165, 1.54) is 17.7 Å². The quantitative estimate of drug-likeness (QED) is 0.694. The van der Waals surface area contributed by atoms with Gasteiger partial charge in [-0.1, -0.05) is 18.2 Å². The number of amides is 3. The molecule has 2 aromatic rings. The first-order chi connectivity index (χ1) is 16.8. The van der Waals surface area contributed by atoms with E-state index in [1.54, 1.807) is 11.0 Å². The first-order valence-electron chi connectivity index (χ1n) is 12.2. The molecule has 9 heteroatoms. The van der Waals surface area contributed by atoms with Gasteiger partial charge in [0.2, 0.25) is 5.91 Å². The number of rotatable bonds is 3. The minimum atomic E-state index is -2.97. The molecule has 3 heterocycles. The van der Waals surface area contributed by atoms with Crippen molar-refractivity contribution in [3.63, 3.8) is 0 Å². The van der Waals surface area contributed by atoms with E-state index in [0.717, 1.165) is 24.0 Å². The number of likely N-dealkylation sites (tertiary alicyclic amines) is 1. The first kappa shape index (κ1) is 23.8. The molecule has 5 rings (SSSR count). The number of piperidine rings is 1. The third-order valence-electron chi connectivity index (χ3n) is 7.52. The molecule has 3 aliphatic rings. The van der Waals surface area contributed by atoms with Crippen LogP contribution >= 0.6 is 0 Å². The summed E-state index contributed by atoms with van der Waals surface area (Å²) in [4.78, 5) is 29.0. The van der Waals surface area contributed by atoms with Gasteiger partial charge in [-0.2, -0.15) is 0 Å². The maximum absolute atomic E-state index is 13.4. The van der Waals surface area contributed by atoms with Crippen LogP contribution < -0.4 is 5.32 Å². The van der Waals surface area contributed by atoms with E-state index in [4.69, 9.17) is 0 Å². The molecule has 0 aromatic heterocycles. The van der Waals surface area contributed by atoms with Gasteiger partial charge in [-0.25, -0.2) is 17.6 Å². The van der Waals surface area contributed by atoms with E-state index in [0.29, 0.717) is 50.6 Å². The molecule has 0 aliphatic carbocycles. The second-order valence-electron chi connectivity index (χ2n) is 9.85. The van der Waals surface area contributed by atoms with Gasteiger partial charge in [0.15, 0.2) is 0 Å². The smallest absolute Gasteiger partial charge is 0.322 e. The Labute approximate surface area is 205 Å². The van der Waals surface area contributed by atoms with Crippen LogP contribution in [0.5, 0.6) is 0 Å². The van der Waals surface area contributed by atoms with Crippen LogP contribution in [-0.4, -0.2) is 54.8 Å². The number of hydrogen-bond acceptors (Lipinski definition) is 4. The van der Waals surface area contributed by atoms with Crippen molar-refractivity contribution in [2.75, 3.05) is 29.9 Å². The fraction of sp³-hybridized carbons (Fsp3) is 0.462. The third kappa shape index (κ3) is 5.34. The van der Waals surface area contributed by atoms with Gasteiger partial charge in [-0.05, 0) is 72.6 Å². The maximum atomic E-state index is 13.4. The Morgan fingerprint density at radius 2 is 1.51 bits per heavy atom. The molecule has 3 amide bonds. The fourth-order valence-electron chi connectivity index (χ4n) is 5.38. The normalized spacial score (nSPS) is 20.5. The highest BCUT2D eigenvalue weighted by Gasteiger charge is 2.33. The zero-order chi connectivity index (χ0) is 24.6. The van der Waals surface area contributed by atoms with Gasteiger partial charge in [0.05, 0.1) is 11.5 Å². The van der Waals surface area contributed by atoms with Crippen LogP contribution in [0.25, 0.3) is 0 Å². The molecule has 0 spiro atoms. The van der Waals surface area contributed by atoms with Crippen molar-refractivity contribution >= 4 is 27.5 Å². The third-order valence-corrected chi connectivity index (χ3v) is 9.24. The van der Waals surface area contributed by atoms with Gasteiger partial charge in [-0.15, -0.1) is 0 Å². The van der Waals surface area contributed by atoms with E-state index in [-0.39, 0.29) is 35.2 Å². The topological polar surface area (TPSA) is 86.8 Å². The van der Waals surface area contributed by atoms with Gasteiger partial charge in [0, 0.05) is 37.8 Å². The van der Waals surface area contributed by atoms with Gasteiger partial charge >= 0.3 is 6.03 Å². The lowest BCUT2D eigenvalue weighted by molar-refractivity contribution is -0.136. The Morgan fingerprint density at radius 3 is 2.20 bits per heavy atom. The number of anilines is 1. The Balaban J connectivity index is 1.11. The molecule has 0 radical (unpaired) electrons. The summed E-state index contributed by atoms with van der Waals surface area (Å²) in [7, 11) is -2.97. The lowest BCUT2D eigenvalue weighted by atomic mass is 9.88. The lowest BCUT2D eigenvalue weighted by Crippen LogP contribution is -2.43. The number of nitrogens with one attached hydrogen (secondary N) is 1. The van der Waals surface area contributed by atoms with E-state index in [2.05, 4.69) is 5.32 Å². The summed E-state index contributed by atoms with van der Waals surface area (Å²) in [5.41, 5.74) is 3.70. The predicted octanol–water partition coefficient (Wildman–Crippen LogP) is 3.90. The molecule has 0 saturated carbocycles. The number of benzene rings is 2. The summed E-state index contributed by atoms with van der Waals surface area (Å²) < 4.78 is 36.7. The minimum absolute atomic E-state index is 0.100. The molecule has 7 nitrogen and oxygen atoms in total. The van der Waals surface area contributed by atoms with Crippen molar-refractivity contribution in [1.82, 2.24) is 9.80 Å². The predicted molar refractivity (Wildman–Crippen MR) is 131 cm³/mol. The Bertz CT molecular complexity index is 1210. The average molecular weight is 500 g/mol. The largest absolute Gasteiger partial charge is 0.342 e. The van der Waals surface area contributed by atoms with Crippen LogP contribution in [0.1, 0.15) is 48.3 Å². The van der Waals surface area contributed by atoms with Crippen molar-refractivity contribution < 1.29 is 22.4 Å². The lowest BCUT2D eigenvalue weighted by Gasteiger charge is -2.35. The van der Waals surface area contributed by atoms with E-state index in [9.17, 15) is 22.4 Å². The highest BCUT2D eigenvalue weighted by atomic mass is 32.2. The number of urea groups is 1. The van der Waals surface area contributed by atoms with Crippen molar-refractivity contribution in [3.8, 4) is 0 Å². The van der Waals surface area contributed by atoms with Crippen LogP contribution in [0, 0.1) is 11.7 Å². The summed E-state index contributed by atoms with van der Waals surface area (Å²) in [6.07, 6.45) is 2.61. The number of sulfone groups is 1. The van der Waals surface area contributed by atoms with Gasteiger partial charge in [0.25, 0.3) is 0 Å². The second kappa shape index (κ2) is 9.60. The molecule has 3 aliphatic heterocycles. The van der Waals surface area contributed by atoms with E-state index >= 15 is 0 Å². The van der Waals surface area contributed by atoms with Crippen LogP contribution in [0.2, 0.25) is 0 Å². The summed E-state index contributed by atoms with van der Waals surface area (Å²) in [6, 6.07) is 12.3. The molecule has 0 unspecified atom stereocenters. The molecular formula is C26H30FN3O4S. The maximum Gasteiger partial charge on any atom is 0.322 e.